The summed E-state index contributed by atoms with van der Waals surface area (Å²) < 4.78 is 4.96. The smallest absolute Gasteiger partial charge is 0.308 e. The van der Waals surface area contributed by atoms with Crippen molar-refractivity contribution in [1.29, 1.82) is 0 Å². The number of ether oxygens (including phenoxy) is 1. The largest absolute Gasteiger partial charge is 0.456 e. The van der Waals surface area contributed by atoms with Gasteiger partial charge in [-0.3, -0.25) is 19.2 Å². The first-order valence-corrected chi connectivity index (χ1v) is 11.1. The Hall–Kier alpha value is -3.20. The van der Waals surface area contributed by atoms with Gasteiger partial charge in [0.05, 0.1) is 17.7 Å². The summed E-state index contributed by atoms with van der Waals surface area (Å²) in [4.78, 5) is 48.4. The number of anilines is 1. The zero-order valence-electron chi connectivity index (χ0n) is 17.0. The summed E-state index contributed by atoms with van der Waals surface area (Å²) in [5, 5.41) is 11.7. The van der Waals surface area contributed by atoms with Crippen LogP contribution in [-0.2, 0) is 14.3 Å². The Labute approximate surface area is 184 Å². The van der Waals surface area contributed by atoms with E-state index in [1.54, 1.807) is 41.1 Å². The van der Waals surface area contributed by atoms with Crippen molar-refractivity contribution in [2.75, 3.05) is 18.5 Å². The molecule has 1 aliphatic rings. The highest BCUT2D eigenvalue weighted by atomic mass is 32.1. The van der Waals surface area contributed by atoms with Crippen molar-refractivity contribution in [3.8, 4) is 0 Å². The van der Waals surface area contributed by atoms with Crippen LogP contribution in [0.5, 0.6) is 0 Å². The van der Waals surface area contributed by atoms with Gasteiger partial charge in [-0.1, -0.05) is 25.0 Å². The van der Waals surface area contributed by atoms with E-state index >= 15 is 0 Å². The van der Waals surface area contributed by atoms with Gasteiger partial charge in [0.25, 0.3) is 17.7 Å². The van der Waals surface area contributed by atoms with E-state index in [1.165, 1.54) is 11.3 Å². The molecule has 0 aliphatic heterocycles. The van der Waals surface area contributed by atoms with Crippen LogP contribution in [0, 0.1) is 0 Å². The molecule has 0 atom stereocenters. The standard InChI is InChI=1S/C22H25N3O5S/c26-19(13-30-20(27)9-11-23-21(28)15-10-12-31-14-15)25-18-8-4-3-7-17(18)22(29)24-16-5-1-2-6-16/h3-4,7-8,10,12,14,16H,1-2,5-6,9,11,13H2,(H,23,28)(H,24,29)(H,25,26). The van der Waals surface area contributed by atoms with Crippen LogP contribution in [-0.4, -0.2) is 42.9 Å². The molecule has 1 aromatic carbocycles. The molecule has 1 saturated carbocycles. The third-order valence-electron chi connectivity index (χ3n) is 4.90. The van der Waals surface area contributed by atoms with Crippen LogP contribution in [0.2, 0.25) is 0 Å². The second-order valence-electron chi connectivity index (χ2n) is 7.23. The van der Waals surface area contributed by atoms with Gasteiger partial charge >= 0.3 is 5.97 Å². The van der Waals surface area contributed by atoms with Crippen molar-refractivity contribution in [2.24, 2.45) is 0 Å². The quantitative estimate of drug-likeness (QED) is 0.516. The van der Waals surface area contributed by atoms with E-state index < -0.39 is 18.5 Å². The van der Waals surface area contributed by atoms with Gasteiger partial charge in [0.15, 0.2) is 6.61 Å². The topological polar surface area (TPSA) is 114 Å². The molecule has 3 rings (SSSR count). The van der Waals surface area contributed by atoms with Crippen LogP contribution in [0.1, 0.15) is 52.8 Å². The first kappa shape index (κ1) is 22.5. The first-order chi connectivity index (χ1) is 15.0. The number of nitrogens with one attached hydrogen (secondary N) is 3. The molecule has 0 unspecified atom stereocenters. The van der Waals surface area contributed by atoms with Crippen LogP contribution in [0.4, 0.5) is 5.69 Å². The lowest BCUT2D eigenvalue weighted by Gasteiger charge is -2.15. The minimum absolute atomic E-state index is 0.0520. The molecule has 0 spiro atoms. The van der Waals surface area contributed by atoms with Crippen molar-refractivity contribution in [2.45, 2.75) is 38.1 Å². The molecule has 2 aromatic rings. The van der Waals surface area contributed by atoms with Crippen molar-refractivity contribution in [1.82, 2.24) is 10.6 Å². The highest BCUT2D eigenvalue weighted by Gasteiger charge is 2.20. The molecular weight excluding hydrogens is 418 g/mol. The summed E-state index contributed by atoms with van der Waals surface area (Å²) in [6.45, 7) is -0.366. The highest BCUT2D eigenvalue weighted by molar-refractivity contribution is 7.08. The number of rotatable bonds is 9. The predicted octanol–water partition coefficient (Wildman–Crippen LogP) is 2.72. The summed E-state index contributed by atoms with van der Waals surface area (Å²) in [6, 6.07) is 8.56. The maximum Gasteiger partial charge on any atom is 0.308 e. The maximum atomic E-state index is 12.5. The van der Waals surface area contributed by atoms with Crippen LogP contribution >= 0.6 is 11.3 Å². The molecule has 0 bridgehead atoms. The molecule has 9 heteroatoms. The summed E-state index contributed by atoms with van der Waals surface area (Å²) in [5.74, 6) is -1.65. The molecule has 1 fully saturated rings. The van der Waals surface area contributed by atoms with Gasteiger partial charge in [0, 0.05) is 23.5 Å². The molecule has 3 N–H and O–H groups in total. The normalized spacial score (nSPS) is 13.4. The van der Waals surface area contributed by atoms with Crippen LogP contribution in [0.3, 0.4) is 0 Å². The number of benzene rings is 1. The lowest BCUT2D eigenvalue weighted by Crippen LogP contribution is -2.33. The molecule has 0 radical (unpaired) electrons. The third kappa shape index (κ3) is 6.92. The number of hydrogen-bond acceptors (Lipinski definition) is 6. The van der Waals surface area contributed by atoms with Gasteiger partial charge in [-0.15, -0.1) is 0 Å². The predicted molar refractivity (Wildman–Crippen MR) is 117 cm³/mol. The fourth-order valence-corrected chi connectivity index (χ4v) is 3.94. The second kappa shape index (κ2) is 11.3. The SMILES string of the molecule is O=C(COC(=O)CCNC(=O)c1ccsc1)Nc1ccccc1C(=O)NC1CCCC1. The van der Waals surface area contributed by atoms with E-state index in [1.807, 2.05) is 0 Å². The number of esters is 1. The molecule has 164 valence electrons. The molecular formula is C22H25N3O5S. The Balaban J connectivity index is 1.41. The van der Waals surface area contributed by atoms with Gasteiger partial charge in [0.2, 0.25) is 0 Å². The van der Waals surface area contributed by atoms with Crippen molar-refractivity contribution in [3.63, 3.8) is 0 Å². The number of thiophene rings is 1. The van der Waals surface area contributed by atoms with Crippen LogP contribution in [0.15, 0.2) is 41.1 Å². The number of amides is 3. The van der Waals surface area contributed by atoms with Gasteiger partial charge in [-0.25, -0.2) is 0 Å². The lowest BCUT2D eigenvalue weighted by molar-refractivity contribution is -0.147. The Kier molecular flexibility index (Phi) is 8.17. The Bertz CT molecular complexity index is 923. The van der Waals surface area contributed by atoms with Gasteiger partial charge < -0.3 is 20.7 Å². The Morgan fingerprint density at radius 2 is 1.81 bits per heavy atom. The second-order valence-corrected chi connectivity index (χ2v) is 8.01. The molecule has 8 nitrogen and oxygen atoms in total. The highest BCUT2D eigenvalue weighted by Crippen LogP contribution is 2.20. The van der Waals surface area contributed by atoms with Crippen LogP contribution < -0.4 is 16.0 Å². The third-order valence-corrected chi connectivity index (χ3v) is 5.58. The molecule has 1 heterocycles. The van der Waals surface area contributed by atoms with Gasteiger partial charge in [-0.2, -0.15) is 11.3 Å². The fraction of sp³-hybridized carbons (Fsp3) is 0.364. The van der Waals surface area contributed by atoms with Crippen molar-refractivity contribution < 1.29 is 23.9 Å². The summed E-state index contributed by atoms with van der Waals surface area (Å²) in [6.07, 6.45) is 4.08. The fourth-order valence-electron chi connectivity index (χ4n) is 3.30. The van der Waals surface area contributed by atoms with E-state index in [2.05, 4.69) is 16.0 Å². The van der Waals surface area contributed by atoms with Crippen molar-refractivity contribution in [3.05, 3.63) is 52.2 Å². The number of carbonyl (C=O) groups is 4. The number of hydrogen-bond donors (Lipinski definition) is 3. The summed E-state index contributed by atoms with van der Waals surface area (Å²) in [7, 11) is 0. The number of carbonyl (C=O) groups excluding carboxylic acids is 4. The van der Waals surface area contributed by atoms with E-state index in [-0.39, 0.29) is 30.8 Å². The van der Waals surface area contributed by atoms with Gasteiger partial charge in [0.1, 0.15) is 0 Å². The monoisotopic (exact) mass is 443 g/mol. The number of para-hydroxylation sites is 1. The van der Waals surface area contributed by atoms with E-state index in [0.29, 0.717) is 16.8 Å². The van der Waals surface area contributed by atoms with Crippen LogP contribution in [0.25, 0.3) is 0 Å². The Morgan fingerprint density at radius 1 is 1.03 bits per heavy atom. The summed E-state index contributed by atoms with van der Waals surface area (Å²) >= 11 is 1.41. The lowest BCUT2D eigenvalue weighted by atomic mass is 10.1. The first-order valence-electron chi connectivity index (χ1n) is 10.2. The Morgan fingerprint density at radius 3 is 2.55 bits per heavy atom. The van der Waals surface area contributed by atoms with E-state index in [4.69, 9.17) is 4.74 Å². The van der Waals surface area contributed by atoms with E-state index in [0.717, 1.165) is 25.7 Å². The minimum atomic E-state index is -0.604. The van der Waals surface area contributed by atoms with E-state index in [9.17, 15) is 19.2 Å². The van der Waals surface area contributed by atoms with Gasteiger partial charge in [-0.05, 0) is 36.4 Å². The average Bonchev–Trinajstić information content (AvgIpc) is 3.47. The summed E-state index contributed by atoms with van der Waals surface area (Å²) in [5.41, 5.74) is 1.26. The molecule has 1 aliphatic carbocycles. The molecule has 1 aromatic heterocycles. The zero-order valence-corrected chi connectivity index (χ0v) is 17.8. The maximum absolute atomic E-state index is 12.5. The minimum Gasteiger partial charge on any atom is -0.456 e. The molecule has 3 amide bonds. The average molecular weight is 444 g/mol. The molecule has 31 heavy (non-hydrogen) atoms. The van der Waals surface area contributed by atoms with Crippen molar-refractivity contribution >= 4 is 40.7 Å². The molecule has 0 saturated heterocycles. The zero-order chi connectivity index (χ0) is 22.1.